The van der Waals surface area contributed by atoms with Crippen LogP contribution in [0.4, 0.5) is 5.95 Å². The maximum atomic E-state index is 5.69. The summed E-state index contributed by atoms with van der Waals surface area (Å²) in [5, 5.41) is 3.12. The van der Waals surface area contributed by atoms with Crippen molar-refractivity contribution in [1.82, 2.24) is 9.97 Å². The molecule has 0 saturated carbocycles. The predicted molar refractivity (Wildman–Crippen MR) is 61.5 cm³/mol. The van der Waals surface area contributed by atoms with E-state index in [1.165, 1.54) is 0 Å². The lowest BCUT2D eigenvalue weighted by Crippen LogP contribution is -2.35. The fraction of sp³-hybridized carbons (Fsp3) is 0.500. The molecule has 13 heavy (non-hydrogen) atoms. The molecule has 1 aromatic rings. The van der Waals surface area contributed by atoms with E-state index in [-0.39, 0.29) is 12.1 Å². The number of rotatable bonds is 3. The van der Waals surface area contributed by atoms with Gasteiger partial charge in [-0.1, -0.05) is 0 Å². The number of aromatic nitrogens is 2. The summed E-state index contributed by atoms with van der Waals surface area (Å²) in [4.78, 5) is 8.23. The van der Waals surface area contributed by atoms with Gasteiger partial charge < -0.3 is 11.1 Å². The number of hydrogen-bond acceptors (Lipinski definition) is 4. The van der Waals surface area contributed by atoms with Crippen LogP contribution in [0.15, 0.2) is 12.4 Å². The molecule has 0 aliphatic heterocycles. The fourth-order valence-electron chi connectivity index (χ4n) is 0.722. The Bertz CT molecular complexity index is 259. The number of nitrogens with zero attached hydrogens (tertiary/aromatic N) is 2. The maximum absolute atomic E-state index is 5.69. The van der Waals surface area contributed by atoms with E-state index in [1.807, 2.05) is 13.8 Å². The Morgan fingerprint density at radius 2 is 1.92 bits per heavy atom. The van der Waals surface area contributed by atoms with Crippen molar-refractivity contribution in [3.63, 3.8) is 0 Å². The lowest BCUT2D eigenvalue weighted by atomic mass is 10.2. The van der Waals surface area contributed by atoms with Crippen LogP contribution in [0.3, 0.4) is 0 Å². The molecule has 0 aliphatic carbocycles. The summed E-state index contributed by atoms with van der Waals surface area (Å²) in [7, 11) is 0. The minimum atomic E-state index is 0.0860. The van der Waals surface area contributed by atoms with Gasteiger partial charge in [0.2, 0.25) is 5.95 Å². The van der Waals surface area contributed by atoms with Crippen molar-refractivity contribution < 1.29 is 0 Å². The summed E-state index contributed by atoms with van der Waals surface area (Å²) in [6.45, 7) is 3.95. The molecule has 0 spiro atoms. The molecule has 0 fully saturated rings. The van der Waals surface area contributed by atoms with Crippen LogP contribution in [-0.2, 0) is 0 Å². The number of halogens is 1. The lowest BCUT2D eigenvalue weighted by molar-refractivity contribution is 0.633. The van der Waals surface area contributed by atoms with E-state index in [0.717, 1.165) is 3.57 Å². The van der Waals surface area contributed by atoms with Crippen LogP contribution in [-0.4, -0.2) is 22.1 Å². The van der Waals surface area contributed by atoms with E-state index in [9.17, 15) is 0 Å². The highest BCUT2D eigenvalue weighted by Gasteiger charge is 2.07. The van der Waals surface area contributed by atoms with Crippen molar-refractivity contribution in [2.24, 2.45) is 5.73 Å². The Morgan fingerprint density at radius 1 is 1.38 bits per heavy atom. The molecule has 0 bridgehead atoms. The molecule has 0 amide bonds. The Kier molecular flexibility index (Phi) is 3.86. The van der Waals surface area contributed by atoms with E-state index in [4.69, 9.17) is 5.73 Å². The first-order valence-corrected chi connectivity index (χ1v) is 5.17. The third-order valence-corrected chi connectivity index (χ3v) is 2.32. The Morgan fingerprint density at radius 3 is 2.38 bits per heavy atom. The third kappa shape index (κ3) is 3.43. The van der Waals surface area contributed by atoms with Crippen LogP contribution in [0.1, 0.15) is 13.8 Å². The molecule has 5 heteroatoms. The van der Waals surface area contributed by atoms with Crippen LogP contribution in [0.2, 0.25) is 0 Å². The van der Waals surface area contributed by atoms with Gasteiger partial charge in [0.05, 0.1) is 0 Å². The van der Waals surface area contributed by atoms with E-state index >= 15 is 0 Å². The van der Waals surface area contributed by atoms with Crippen LogP contribution >= 0.6 is 22.6 Å². The van der Waals surface area contributed by atoms with E-state index < -0.39 is 0 Å². The summed E-state index contributed by atoms with van der Waals surface area (Å²) in [6.07, 6.45) is 3.54. The minimum absolute atomic E-state index is 0.0860. The van der Waals surface area contributed by atoms with Crippen molar-refractivity contribution >= 4 is 28.5 Å². The normalized spacial score (nSPS) is 15.1. The van der Waals surface area contributed by atoms with Crippen molar-refractivity contribution in [3.05, 3.63) is 16.0 Å². The molecular formula is C8H13IN4. The fourth-order valence-corrected chi connectivity index (χ4v) is 1.00. The second-order valence-electron chi connectivity index (χ2n) is 3.02. The van der Waals surface area contributed by atoms with E-state index in [1.54, 1.807) is 12.4 Å². The second-order valence-corrected chi connectivity index (χ2v) is 4.26. The van der Waals surface area contributed by atoms with Crippen LogP contribution in [0.25, 0.3) is 0 Å². The zero-order chi connectivity index (χ0) is 9.84. The molecule has 2 atom stereocenters. The number of nitrogens with two attached hydrogens (primary N) is 1. The van der Waals surface area contributed by atoms with Gasteiger partial charge in [-0.3, -0.25) is 0 Å². The highest BCUT2D eigenvalue weighted by Crippen LogP contribution is 2.04. The lowest BCUT2D eigenvalue weighted by Gasteiger charge is -2.16. The number of anilines is 1. The molecule has 1 heterocycles. The van der Waals surface area contributed by atoms with Gasteiger partial charge in [-0.05, 0) is 36.4 Å². The maximum Gasteiger partial charge on any atom is 0.222 e. The molecule has 0 radical (unpaired) electrons. The van der Waals surface area contributed by atoms with E-state index in [0.29, 0.717) is 5.95 Å². The molecule has 0 aliphatic rings. The number of nitrogens with one attached hydrogen (secondary N) is 1. The van der Waals surface area contributed by atoms with Gasteiger partial charge in [0.15, 0.2) is 0 Å². The third-order valence-electron chi connectivity index (χ3n) is 1.77. The zero-order valence-corrected chi connectivity index (χ0v) is 9.82. The number of hydrogen-bond donors (Lipinski definition) is 2. The first-order chi connectivity index (χ1) is 6.09. The second kappa shape index (κ2) is 4.71. The largest absolute Gasteiger partial charge is 0.350 e. The molecule has 72 valence electrons. The zero-order valence-electron chi connectivity index (χ0n) is 7.66. The first-order valence-electron chi connectivity index (χ1n) is 4.09. The van der Waals surface area contributed by atoms with Crippen molar-refractivity contribution in [2.45, 2.75) is 25.9 Å². The molecule has 0 saturated heterocycles. The van der Waals surface area contributed by atoms with Gasteiger partial charge in [0, 0.05) is 28.0 Å². The minimum Gasteiger partial charge on any atom is -0.350 e. The quantitative estimate of drug-likeness (QED) is 0.822. The SMILES string of the molecule is CC(N)C(C)Nc1ncc(I)cn1. The highest BCUT2D eigenvalue weighted by molar-refractivity contribution is 14.1. The van der Waals surface area contributed by atoms with Crippen molar-refractivity contribution in [2.75, 3.05) is 5.32 Å². The average Bonchev–Trinajstić information content (AvgIpc) is 2.08. The molecule has 2 unspecified atom stereocenters. The van der Waals surface area contributed by atoms with Crippen LogP contribution in [0, 0.1) is 3.57 Å². The van der Waals surface area contributed by atoms with Gasteiger partial charge in [0.1, 0.15) is 0 Å². The van der Waals surface area contributed by atoms with Gasteiger partial charge in [-0.25, -0.2) is 9.97 Å². The first kappa shape index (κ1) is 10.6. The Labute approximate surface area is 91.5 Å². The monoisotopic (exact) mass is 292 g/mol. The molecule has 1 aromatic heterocycles. The Hall–Kier alpha value is -0.430. The summed E-state index contributed by atoms with van der Waals surface area (Å²) in [6, 6.07) is 0.267. The Balaban J connectivity index is 2.59. The standard InChI is InChI=1S/C8H13IN4/c1-5(10)6(2)13-8-11-3-7(9)4-12-8/h3-6H,10H2,1-2H3,(H,11,12,13). The summed E-state index contributed by atoms with van der Waals surface area (Å²) in [5.74, 6) is 0.630. The van der Waals surface area contributed by atoms with Gasteiger partial charge in [-0.2, -0.15) is 0 Å². The van der Waals surface area contributed by atoms with Crippen molar-refractivity contribution in [3.8, 4) is 0 Å². The van der Waals surface area contributed by atoms with Crippen molar-refractivity contribution in [1.29, 1.82) is 0 Å². The van der Waals surface area contributed by atoms with E-state index in [2.05, 4.69) is 37.9 Å². The van der Waals surface area contributed by atoms with Gasteiger partial charge >= 0.3 is 0 Å². The summed E-state index contributed by atoms with van der Waals surface area (Å²) >= 11 is 2.17. The topological polar surface area (TPSA) is 63.8 Å². The average molecular weight is 292 g/mol. The molecule has 1 rings (SSSR count). The van der Waals surface area contributed by atoms with Gasteiger partial charge in [0.25, 0.3) is 0 Å². The van der Waals surface area contributed by atoms with Crippen LogP contribution < -0.4 is 11.1 Å². The molecular weight excluding hydrogens is 279 g/mol. The van der Waals surface area contributed by atoms with Crippen LogP contribution in [0.5, 0.6) is 0 Å². The predicted octanol–water partition coefficient (Wildman–Crippen LogP) is 1.23. The smallest absolute Gasteiger partial charge is 0.222 e. The summed E-state index contributed by atoms with van der Waals surface area (Å²) < 4.78 is 1.02. The molecule has 3 N–H and O–H groups in total. The molecule has 0 aromatic carbocycles. The summed E-state index contributed by atoms with van der Waals surface area (Å²) in [5.41, 5.74) is 5.69. The highest BCUT2D eigenvalue weighted by atomic mass is 127. The van der Waals surface area contributed by atoms with Gasteiger partial charge in [-0.15, -0.1) is 0 Å². The molecule has 4 nitrogen and oxygen atoms in total.